The molecular weight excluding hydrogens is 242 g/mol. The predicted molar refractivity (Wildman–Crippen MR) is 83.7 cm³/mol. The van der Waals surface area contributed by atoms with Gasteiger partial charge in [-0.2, -0.15) is 0 Å². The molecular formula is C19H17N. The summed E-state index contributed by atoms with van der Waals surface area (Å²) in [5.74, 6) is 0. The van der Waals surface area contributed by atoms with Crippen LogP contribution in [0, 0.1) is 6.85 Å². The van der Waals surface area contributed by atoms with Crippen LogP contribution in [0.2, 0.25) is 0 Å². The third-order valence-corrected chi connectivity index (χ3v) is 3.03. The maximum Gasteiger partial charge on any atom is 0.0702 e. The molecule has 1 nitrogen and oxygen atoms in total. The van der Waals surface area contributed by atoms with E-state index in [2.05, 4.69) is 4.98 Å². The van der Waals surface area contributed by atoms with Gasteiger partial charge in [0, 0.05) is 18.6 Å². The van der Waals surface area contributed by atoms with Crippen LogP contribution in [0.25, 0.3) is 11.3 Å². The monoisotopic (exact) mass is 264 g/mol. The Morgan fingerprint density at radius 1 is 1.00 bits per heavy atom. The Hall–Kier alpha value is -2.41. The van der Waals surface area contributed by atoms with Crippen molar-refractivity contribution in [3.8, 4) is 11.3 Å². The molecule has 2 aromatic carbocycles. The molecule has 20 heavy (non-hydrogen) atoms. The van der Waals surface area contributed by atoms with E-state index in [1.165, 1.54) is 6.07 Å². The van der Waals surface area contributed by atoms with Crippen molar-refractivity contribution < 1.29 is 6.85 Å². The van der Waals surface area contributed by atoms with Crippen LogP contribution in [0.5, 0.6) is 0 Å². The fourth-order valence-corrected chi connectivity index (χ4v) is 2.02. The second-order valence-electron chi connectivity index (χ2n) is 4.47. The van der Waals surface area contributed by atoms with Crippen LogP contribution in [0.3, 0.4) is 0 Å². The second-order valence-corrected chi connectivity index (χ2v) is 4.47. The molecule has 0 saturated carbocycles. The quantitative estimate of drug-likeness (QED) is 0.671. The SMILES string of the molecule is [2H]C([2H])([2H])c1cc(-c2ccccn2)ccc1C([2H])([2H])c1ccccc1. The first-order valence-electron chi connectivity index (χ1n) is 8.92. The fraction of sp³-hybridized carbons (Fsp3) is 0.105. The van der Waals surface area contributed by atoms with Gasteiger partial charge in [0.05, 0.1) is 5.69 Å². The minimum atomic E-state index is -2.43. The zero-order valence-corrected chi connectivity index (χ0v) is 10.9. The van der Waals surface area contributed by atoms with Crippen LogP contribution in [0.4, 0.5) is 0 Å². The summed E-state index contributed by atoms with van der Waals surface area (Å²) in [6.07, 6.45) is -0.269. The van der Waals surface area contributed by atoms with E-state index in [0.29, 0.717) is 16.8 Å². The molecule has 3 rings (SSSR count). The van der Waals surface area contributed by atoms with Crippen LogP contribution >= 0.6 is 0 Å². The van der Waals surface area contributed by atoms with Gasteiger partial charge in [0.1, 0.15) is 0 Å². The van der Waals surface area contributed by atoms with Crippen LogP contribution in [0.15, 0.2) is 72.9 Å². The summed E-state index contributed by atoms with van der Waals surface area (Å²) in [7, 11) is 0. The molecule has 0 unspecified atom stereocenters. The van der Waals surface area contributed by atoms with Crippen molar-refractivity contribution in [2.45, 2.75) is 13.2 Å². The van der Waals surface area contributed by atoms with E-state index in [0.717, 1.165) is 0 Å². The van der Waals surface area contributed by atoms with Crippen molar-refractivity contribution in [1.29, 1.82) is 0 Å². The number of nitrogens with zero attached hydrogens (tertiary/aromatic N) is 1. The molecule has 1 heterocycles. The Bertz CT molecular complexity index is 858. The van der Waals surface area contributed by atoms with E-state index in [1.54, 1.807) is 60.8 Å². The molecule has 0 aliphatic carbocycles. The molecule has 0 N–H and O–H groups in total. The number of pyridine rings is 1. The predicted octanol–water partition coefficient (Wildman–Crippen LogP) is 4.65. The van der Waals surface area contributed by atoms with Gasteiger partial charge in [-0.25, -0.2) is 0 Å². The van der Waals surface area contributed by atoms with Gasteiger partial charge in [0.25, 0.3) is 0 Å². The number of rotatable bonds is 3. The Kier molecular flexibility index (Phi) is 2.28. The summed E-state index contributed by atoms with van der Waals surface area (Å²) in [6.45, 7) is -2.43. The molecule has 0 atom stereocenters. The molecule has 1 heteroatoms. The molecule has 0 aliphatic rings. The number of hydrogen-bond donors (Lipinski definition) is 0. The van der Waals surface area contributed by atoms with Gasteiger partial charge in [0.15, 0.2) is 0 Å². The lowest BCUT2D eigenvalue weighted by Crippen LogP contribution is -1.93. The zero-order valence-electron chi connectivity index (χ0n) is 15.9. The van der Waals surface area contributed by atoms with Crippen LogP contribution in [0.1, 0.15) is 23.5 Å². The Balaban J connectivity index is 2.17. The van der Waals surface area contributed by atoms with Crippen molar-refractivity contribution >= 4 is 0 Å². The average molecular weight is 264 g/mol. The number of benzene rings is 2. The third kappa shape index (κ3) is 2.77. The lowest BCUT2D eigenvalue weighted by atomic mass is 9.97. The van der Waals surface area contributed by atoms with E-state index in [4.69, 9.17) is 6.85 Å². The highest BCUT2D eigenvalue weighted by molar-refractivity contribution is 5.60. The van der Waals surface area contributed by atoms with E-state index in [-0.39, 0.29) is 11.1 Å². The number of aromatic nitrogens is 1. The highest BCUT2D eigenvalue weighted by Crippen LogP contribution is 2.22. The Morgan fingerprint density at radius 2 is 1.85 bits per heavy atom. The molecule has 98 valence electrons. The lowest BCUT2D eigenvalue weighted by molar-refractivity contribution is 1.15. The molecule has 3 aromatic rings. The first-order chi connectivity index (χ1) is 11.8. The first-order valence-corrected chi connectivity index (χ1v) is 6.42. The lowest BCUT2D eigenvalue weighted by Gasteiger charge is -2.08. The minimum absolute atomic E-state index is 0.00417. The van der Waals surface area contributed by atoms with Gasteiger partial charge in [-0.1, -0.05) is 48.5 Å². The smallest absolute Gasteiger partial charge is 0.0702 e. The topological polar surface area (TPSA) is 12.9 Å². The van der Waals surface area contributed by atoms with Crippen LogP contribution < -0.4 is 0 Å². The summed E-state index contributed by atoms with van der Waals surface area (Å²) in [5.41, 5.74) is 1.88. The van der Waals surface area contributed by atoms with Crippen molar-refractivity contribution in [3.63, 3.8) is 0 Å². The van der Waals surface area contributed by atoms with Crippen molar-refractivity contribution in [1.82, 2.24) is 4.98 Å². The standard InChI is InChI=1S/C19H17N/c1-15-13-18(19-9-5-6-12-20-19)11-10-17(15)14-16-7-3-2-4-8-16/h2-13H,14H2,1H3/i1D3,14D2. The molecule has 0 amide bonds. The van der Waals surface area contributed by atoms with Crippen molar-refractivity contribution in [3.05, 3.63) is 89.6 Å². The largest absolute Gasteiger partial charge is 0.256 e. The highest BCUT2D eigenvalue weighted by atomic mass is 14.7. The van der Waals surface area contributed by atoms with Gasteiger partial charge >= 0.3 is 0 Å². The van der Waals surface area contributed by atoms with Crippen molar-refractivity contribution in [2.75, 3.05) is 0 Å². The van der Waals surface area contributed by atoms with Gasteiger partial charge < -0.3 is 0 Å². The molecule has 0 aliphatic heterocycles. The molecule has 0 bridgehead atoms. The Labute approximate surface area is 127 Å². The highest BCUT2D eigenvalue weighted by Gasteiger charge is 2.03. The fourth-order valence-electron chi connectivity index (χ4n) is 2.02. The average Bonchev–Trinajstić information content (AvgIpc) is 2.62. The number of aryl methyl sites for hydroxylation is 1. The zero-order chi connectivity index (χ0) is 18.1. The Morgan fingerprint density at radius 3 is 2.60 bits per heavy atom. The summed E-state index contributed by atoms with van der Waals surface area (Å²) < 4.78 is 40.6. The molecule has 0 spiro atoms. The summed E-state index contributed by atoms with van der Waals surface area (Å²) in [6, 6.07) is 18.8. The van der Waals surface area contributed by atoms with E-state index < -0.39 is 13.2 Å². The van der Waals surface area contributed by atoms with Gasteiger partial charge in [-0.05, 0) is 48.1 Å². The van der Waals surface area contributed by atoms with Gasteiger partial charge in [0.2, 0.25) is 0 Å². The van der Waals surface area contributed by atoms with E-state index >= 15 is 0 Å². The van der Waals surface area contributed by atoms with E-state index in [9.17, 15) is 0 Å². The van der Waals surface area contributed by atoms with Crippen LogP contribution in [-0.2, 0) is 6.37 Å². The molecule has 0 saturated heterocycles. The van der Waals surface area contributed by atoms with Gasteiger partial charge in [-0.3, -0.25) is 4.98 Å². The second kappa shape index (κ2) is 5.70. The van der Waals surface area contributed by atoms with E-state index in [1.807, 2.05) is 6.07 Å². The number of hydrogen-bond acceptors (Lipinski definition) is 1. The van der Waals surface area contributed by atoms with Crippen molar-refractivity contribution in [2.24, 2.45) is 0 Å². The normalized spacial score (nSPS) is 15.5. The summed E-state index contributed by atoms with van der Waals surface area (Å²) >= 11 is 0. The first kappa shape index (κ1) is 8.01. The van der Waals surface area contributed by atoms with Crippen LogP contribution in [-0.4, -0.2) is 4.98 Å². The summed E-state index contributed by atoms with van der Waals surface area (Å²) in [4.78, 5) is 4.24. The minimum Gasteiger partial charge on any atom is -0.256 e. The van der Waals surface area contributed by atoms with Gasteiger partial charge in [-0.15, -0.1) is 0 Å². The maximum atomic E-state index is 8.51. The third-order valence-electron chi connectivity index (χ3n) is 3.03. The molecule has 0 fully saturated rings. The maximum absolute atomic E-state index is 8.51. The molecule has 0 radical (unpaired) electrons. The summed E-state index contributed by atoms with van der Waals surface area (Å²) in [5, 5.41) is 0. The molecule has 1 aromatic heterocycles.